The van der Waals surface area contributed by atoms with Crippen molar-refractivity contribution < 1.29 is 20.1 Å². The van der Waals surface area contributed by atoms with Gasteiger partial charge in [0.1, 0.15) is 5.12 Å². The van der Waals surface area contributed by atoms with Crippen molar-refractivity contribution in [1.29, 1.82) is 0 Å². The highest BCUT2D eigenvalue weighted by molar-refractivity contribution is 5.68. The fraction of sp³-hybridized carbons (Fsp3) is 0. The van der Waals surface area contributed by atoms with Crippen LogP contribution in [-0.4, -0.2) is 30.0 Å². The number of rotatable bonds is 4. The van der Waals surface area contributed by atoms with E-state index < -0.39 is 42.0 Å². The zero-order valence-electron chi connectivity index (χ0n) is 9.00. The van der Waals surface area contributed by atoms with Gasteiger partial charge in [-0.05, 0) is 10.7 Å². The number of anilines is 2. The van der Waals surface area contributed by atoms with E-state index in [0.29, 0.717) is 6.20 Å². The molecule has 0 unspecified atom stereocenters. The number of nitrogens with zero attached hydrogens (tertiary/aromatic N) is 8. The Hall–Kier alpha value is -3.72. The molecule has 0 spiro atoms. The van der Waals surface area contributed by atoms with E-state index in [1.807, 2.05) is 0 Å². The van der Waals surface area contributed by atoms with Crippen molar-refractivity contribution in [2.45, 2.75) is 0 Å². The molecule has 1 aromatic rings. The molecular weight excluding hydrogens is 288 g/mol. The summed E-state index contributed by atoms with van der Waals surface area (Å²) < 4.78 is 0.0537. The molecule has 2 rings (SSSR count). The molecule has 0 atom stereocenters. The smallest absolute Gasteiger partial charge is 0.234 e. The highest BCUT2D eigenvalue weighted by atomic mass is 16.8. The predicted molar refractivity (Wildman–Crippen MR) is 54.6 cm³/mol. The Morgan fingerprint density at radius 2 is 1.35 bits per heavy atom. The summed E-state index contributed by atoms with van der Waals surface area (Å²) >= 11 is 0. The average molecular weight is 290 g/mol. The van der Waals surface area contributed by atoms with Gasteiger partial charge >= 0.3 is 5.82 Å². The van der Waals surface area contributed by atoms with Crippen LogP contribution in [0.15, 0.2) is 12.3 Å². The van der Waals surface area contributed by atoms with Crippen molar-refractivity contribution in [2.24, 2.45) is 0 Å². The average Bonchev–Trinajstić information content (AvgIpc) is 2.82. The summed E-state index contributed by atoms with van der Waals surface area (Å²) in [6.45, 7) is 0. The van der Waals surface area contributed by atoms with Crippen LogP contribution in [-0.2, 0) is 0 Å². The quantitative estimate of drug-likeness (QED) is 0.481. The van der Waals surface area contributed by atoms with Gasteiger partial charge in [-0.1, -0.05) is 0 Å². The SMILES string of the molecule is O=[N+]([O-])N1c2ccn([N+](=O)[O-])c2N([N+](=O)[O-])N1[N+](=O)[O-]. The van der Waals surface area contributed by atoms with Crippen molar-refractivity contribution in [1.82, 2.24) is 9.90 Å². The largest absolute Gasteiger partial charge is 0.305 e. The number of hydrazine groups is 5. The van der Waals surface area contributed by atoms with Crippen molar-refractivity contribution in [2.75, 3.05) is 10.2 Å². The van der Waals surface area contributed by atoms with Crippen LogP contribution in [0.5, 0.6) is 0 Å². The Kier molecular flexibility index (Phi) is 2.48. The van der Waals surface area contributed by atoms with Gasteiger partial charge in [-0.15, -0.1) is 0 Å². The topological polar surface area (TPSA) is 187 Å². The van der Waals surface area contributed by atoms with Crippen LogP contribution < -0.4 is 10.2 Å². The van der Waals surface area contributed by atoms with E-state index >= 15 is 0 Å². The molecule has 0 aromatic carbocycles. The van der Waals surface area contributed by atoms with Crippen molar-refractivity contribution in [3.63, 3.8) is 0 Å². The van der Waals surface area contributed by atoms with Gasteiger partial charge in [0, 0.05) is 0 Å². The number of nitro groups is 4. The molecular formula is C4H2N8O8. The first-order valence-electron chi connectivity index (χ1n) is 4.46. The standard InChI is InChI=1S/C4H2N8O8/c13-9(14)5-2-1-3-4(5)7(11(17)18)8(12(19)20)6(3)10(15)16/h1-2H. The van der Waals surface area contributed by atoms with E-state index in [0.717, 1.165) is 6.07 Å². The van der Waals surface area contributed by atoms with E-state index in [-0.39, 0.29) is 9.79 Å². The lowest BCUT2D eigenvalue weighted by Crippen LogP contribution is -2.56. The number of aromatic nitrogens is 1. The summed E-state index contributed by atoms with van der Waals surface area (Å²) in [7, 11) is 0. The third-order valence-electron chi connectivity index (χ3n) is 2.19. The molecule has 16 nitrogen and oxygen atoms in total. The van der Waals surface area contributed by atoms with Crippen molar-refractivity contribution in [3.8, 4) is 0 Å². The van der Waals surface area contributed by atoms with Gasteiger partial charge in [0.25, 0.3) is 0 Å². The fourth-order valence-corrected chi connectivity index (χ4v) is 1.58. The maximum absolute atomic E-state index is 10.8. The molecule has 0 fully saturated rings. The molecule has 0 saturated carbocycles. The minimum Gasteiger partial charge on any atom is -0.234 e. The number of fused-ring (bicyclic) bond motifs is 1. The molecule has 0 radical (unpaired) electrons. The monoisotopic (exact) mass is 290 g/mol. The first kappa shape index (κ1) is 12.7. The van der Waals surface area contributed by atoms with E-state index in [2.05, 4.69) is 0 Å². The summed E-state index contributed by atoms with van der Waals surface area (Å²) in [6.07, 6.45) is 0.689. The Morgan fingerprint density at radius 3 is 1.75 bits per heavy atom. The maximum atomic E-state index is 10.8. The Labute approximate surface area is 106 Å². The fourth-order valence-electron chi connectivity index (χ4n) is 1.58. The number of hydrogen-bond donors (Lipinski definition) is 0. The van der Waals surface area contributed by atoms with E-state index in [1.165, 1.54) is 0 Å². The highest BCUT2D eigenvalue weighted by Gasteiger charge is 2.60. The Morgan fingerprint density at radius 1 is 0.800 bits per heavy atom. The highest BCUT2D eigenvalue weighted by Crippen LogP contribution is 2.39. The first-order valence-corrected chi connectivity index (χ1v) is 4.46. The van der Waals surface area contributed by atoms with Gasteiger partial charge in [-0.3, -0.25) is 0 Å². The van der Waals surface area contributed by atoms with Crippen LogP contribution in [0.2, 0.25) is 0 Å². The van der Waals surface area contributed by atoms with Crippen LogP contribution in [0.4, 0.5) is 11.5 Å². The lowest BCUT2D eigenvalue weighted by atomic mass is 10.5. The summed E-state index contributed by atoms with van der Waals surface area (Å²) in [6, 6.07) is 0.765. The molecule has 1 aliphatic rings. The van der Waals surface area contributed by atoms with Crippen LogP contribution >= 0.6 is 0 Å². The van der Waals surface area contributed by atoms with Gasteiger partial charge < -0.3 is 0 Å². The van der Waals surface area contributed by atoms with Gasteiger partial charge in [0.2, 0.25) is 10.3 Å². The lowest BCUT2D eigenvalue weighted by molar-refractivity contribution is -0.758. The molecule has 0 saturated heterocycles. The Balaban J connectivity index is 2.71. The van der Waals surface area contributed by atoms with E-state index in [9.17, 15) is 40.5 Å². The second-order valence-corrected chi connectivity index (χ2v) is 3.17. The number of hydrogen-bond acceptors (Lipinski definition) is 8. The summed E-state index contributed by atoms with van der Waals surface area (Å²) in [5.74, 6) is -0.951. The molecule has 16 heteroatoms. The van der Waals surface area contributed by atoms with Gasteiger partial charge in [-0.25, -0.2) is 40.5 Å². The Bertz CT molecular complexity index is 636. The zero-order valence-corrected chi connectivity index (χ0v) is 9.00. The van der Waals surface area contributed by atoms with Crippen LogP contribution in [0, 0.1) is 40.5 Å². The minimum absolute atomic E-state index is 0.0537. The van der Waals surface area contributed by atoms with E-state index in [4.69, 9.17) is 0 Å². The third kappa shape index (κ3) is 1.48. The summed E-state index contributed by atoms with van der Waals surface area (Å²) in [5, 5.41) is 36.4. The molecule has 0 N–H and O–H groups in total. The summed E-state index contributed by atoms with van der Waals surface area (Å²) in [4.78, 5) is 43.0. The molecule has 0 bridgehead atoms. The lowest BCUT2D eigenvalue weighted by Gasteiger charge is -2.13. The minimum atomic E-state index is -1.46. The van der Waals surface area contributed by atoms with Crippen molar-refractivity contribution >= 4 is 11.5 Å². The van der Waals surface area contributed by atoms with Gasteiger partial charge in [0.15, 0.2) is 20.8 Å². The second-order valence-electron chi connectivity index (χ2n) is 3.17. The first-order chi connectivity index (χ1) is 9.27. The molecule has 2 heterocycles. The molecule has 0 aliphatic carbocycles. The van der Waals surface area contributed by atoms with Crippen LogP contribution in [0.25, 0.3) is 0 Å². The summed E-state index contributed by atoms with van der Waals surface area (Å²) in [5.41, 5.74) is -0.694. The van der Waals surface area contributed by atoms with Gasteiger partial charge in [-0.2, -0.15) is 0 Å². The van der Waals surface area contributed by atoms with E-state index in [1.54, 1.807) is 0 Å². The van der Waals surface area contributed by atoms with Gasteiger partial charge in [0.05, 0.1) is 11.3 Å². The molecule has 1 aliphatic heterocycles. The molecule has 0 amide bonds. The third-order valence-corrected chi connectivity index (χ3v) is 2.19. The normalized spacial score (nSPS) is 13.3. The van der Waals surface area contributed by atoms with Crippen LogP contribution in [0.1, 0.15) is 0 Å². The molecule has 20 heavy (non-hydrogen) atoms. The second kappa shape index (κ2) is 3.90. The zero-order chi connectivity index (χ0) is 15.2. The molecule has 106 valence electrons. The van der Waals surface area contributed by atoms with Crippen molar-refractivity contribution in [3.05, 3.63) is 52.7 Å². The predicted octanol–water partition coefficient (Wildman–Crippen LogP) is -1.14. The van der Waals surface area contributed by atoms with Crippen LogP contribution in [0.3, 0.4) is 0 Å². The maximum Gasteiger partial charge on any atom is 0.305 e. The molecule has 1 aromatic heterocycles.